The third-order valence-corrected chi connectivity index (χ3v) is 11.1. The number of pyridine rings is 1. The van der Waals surface area contributed by atoms with Gasteiger partial charge in [-0.3, -0.25) is 13.9 Å². The summed E-state index contributed by atoms with van der Waals surface area (Å²) in [6.45, 7) is 7.33. The molecule has 1 saturated carbocycles. The zero-order chi connectivity index (χ0) is 32.4. The predicted octanol–water partition coefficient (Wildman–Crippen LogP) is 6.94. The van der Waals surface area contributed by atoms with Gasteiger partial charge in [0.05, 0.1) is 17.1 Å². The van der Waals surface area contributed by atoms with Crippen LogP contribution >= 0.6 is 0 Å². The van der Waals surface area contributed by atoms with Crippen molar-refractivity contribution < 1.29 is 13.2 Å². The minimum Gasteiger partial charge on any atom is -0.320 e. The molecule has 2 saturated heterocycles. The van der Waals surface area contributed by atoms with Gasteiger partial charge in [0.2, 0.25) is 0 Å². The third-order valence-electron chi connectivity index (χ3n) is 11.1. The highest BCUT2D eigenvalue weighted by atomic mass is 19.4. The Bertz CT molecular complexity index is 1510. The van der Waals surface area contributed by atoms with Crippen molar-refractivity contribution in [1.29, 1.82) is 0 Å². The Hall–Kier alpha value is -2.66. The number of likely N-dealkylation sites (tertiary alicyclic amines) is 1. The molecule has 46 heavy (non-hydrogen) atoms. The van der Waals surface area contributed by atoms with Crippen molar-refractivity contribution in [2.24, 2.45) is 24.8 Å². The Balaban J connectivity index is 1.36. The van der Waals surface area contributed by atoms with Crippen LogP contribution in [0.5, 0.6) is 0 Å². The molecule has 0 spiro atoms. The number of hydrogen-bond donors (Lipinski definition) is 1. The van der Waals surface area contributed by atoms with Crippen molar-refractivity contribution in [1.82, 2.24) is 33.9 Å². The number of nitrogens with one attached hydrogen (secondary N) is 1. The molecule has 1 N–H and O–H groups in total. The second-order valence-corrected chi connectivity index (χ2v) is 14.6. The van der Waals surface area contributed by atoms with Crippen molar-refractivity contribution in [3.05, 3.63) is 52.2 Å². The van der Waals surface area contributed by atoms with E-state index in [1.165, 1.54) is 42.3 Å². The number of imidazole rings is 1. The van der Waals surface area contributed by atoms with Crippen LogP contribution in [0.1, 0.15) is 120 Å². The molecular weight excluding hydrogens is 591 g/mol. The van der Waals surface area contributed by atoms with Crippen molar-refractivity contribution >= 4 is 5.52 Å². The lowest BCUT2D eigenvalue weighted by atomic mass is 9.67. The van der Waals surface area contributed by atoms with Gasteiger partial charge >= 0.3 is 11.9 Å². The fraction of sp³-hybridized carbons (Fsp3) is 0.743. The molecule has 3 fully saturated rings. The number of halogens is 3. The maximum Gasteiger partial charge on any atom is 0.418 e. The Kier molecular flexibility index (Phi) is 10.3. The zero-order valence-corrected chi connectivity index (χ0v) is 27.8. The van der Waals surface area contributed by atoms with Crippen LogP contribution in [-0.2, 0) is 19.8 Å². The van der Waals surface area contributed by atoms with E-state index in [4.69, 9.17) is 0 Å². The number of rotatable bonds is 12. The van der Waals surface area contributed by atoms with E-state index in [9.17, 15) is 18.0 Å². The first kappa shape index (κ1) is 33.2. The van der Waals surface area contributed by atoms with Gasteiger partial charge in [0.1, 0.15) is 12.2 Å². The van der Waals surface area contributed by atoms with E-state index in [2.05, 4.69) is 34.3 Å². The number of hydrogen-bond acceptors (Lipinski definition) is 5. The number of unbranched alkanes of at least 4 members (excludes halogenated alkanes) is 4. The van der Waals surface area contributed by atoms with Crippen molar-refractivity contribution in [3.63, 3.8) is 0 Å². The van der Waals surface area contributed by atoms with Crippen LogP contribution in [0.25, 0.3) is 5.52 Å². The average Bonchev–Trinajstić information content (AvgIpc) is 3.56. The number of aromatic nitrogens is 5. The number of piperidine rings is 2. The highest BCUT2D eigenvalue weighted by molar-refractivity contribution is 5.56. The summed E-state index contributed by atoms with van der Waals surface area (Å²) >= 11 is 0. The van der Waals surface area contributed by atoms with Crippen LogP contribution in [0, 0.1) is 17.8 Å². The molecule has 3 aromatic rings. The minimum atomic E-state index is -4.57. The average molecular weight is 644 g/mol. The summed E-state index contributed by atoms with van der Waals surface area (Å²) in [5, 5.41) is 12.5. The fourth-order valence-corrected chi connectivity index (χ4v) is 8.54. The van der Waals surface area contributed by atoms with E-state index in [0.29, 0.717) is 23.9 Å². The molecule has 254 valence electrons. The Morgan fingerprint density at radius 1 is 1.07 bits per heavy atom. The first-order chi connectivity index (χ1) is 22.1. The molecular formula is C35H52F3N7O. The maximum absolute atomic E-state index is 14.6. The largest absolute Gasteiger partial charge is 0.418 e. The van der Waals surface area contributed by atoms with E-state index < -0.39 is 11.7 Å². The van der Waals surface area contributed by atoms with Gasteiger partial charge in [-0.1, -0.05) is 52.4 Å². The third kappa shape index (κ3) is 7.10. The highest BCUT2D eigenvalue weighted by Gasteiger charge is 2.43. The van der Waals surface area contributed by atoms with Gasteiger partial charge in [0, 0.05) is 44.5 Å². The molecule has 5 heterocycles. The normalized spacial score (nSPS) is 25.6. The Morgan fingerprint density at radius 2 is 1.87 bits per heavy atom. The number of fused-ring (bicyclic) bond motifs is 1. The van der Waals surface area contributed by atoms with Crippen LogP contribution in [0.4, 0.5) is 13.2 Å². The van der Waals surface area contributed by atoms with Gasteiger partial charge in [-0.25, -0.2) is 4.79 Å². The molecule has 6 rings (SSSR count). The molecule has 3 aliphatic rings. The zero-order valence-electron chi connectivity index (χ0n) is 27.8. The number of alkyl halides is 3. The molecule has 5 atom stereocenters. The molecule has 0 amide bonds. The number of aryl methyl sites for hydroxylation is 1. The van der Waals surface area contributed by atoms with E-state index in [1.54, 1.807) is 17.1 Å². The fourth-order valence-electron chi connectivity index (χ4n) is 8.54. The molecule has 1 aliphatic carbocycles. The van der Waals surface area contributed by atoms with Crippen LogP contribution in [-0.4, -0.2) is 54.3 Å². The second-order valence-electron chi connectivity index (χ2n) is 14.6. The summed E-state index contributed by atoms with van der Waals surface area (Å²) in [5.41, 5.74) is -0.625. The molecule has 0 aromatic carbocycles. The lowest BCUT2D eigenvalue weighted by Gasteiger charge is -2.44. The minimum absolute atomic E-state index is 0.0122. The van der Waals surface area contributed by atoms with Gasteiger partial charge in [-0.05, 0) is 81.0 Å². The molecule has 11 heteroatoms. The number of nitrogens with zero attached hydrogens (tertiary/aromatic N) is 6. The molecule has 0 bridgehead atoms. The van der Waals surface area contributed by atoms with E-state index in [0.717, 1.165) is 76.8 Å². The molecule has 0 radical (unpaired) electrons. The smallest absolute Gasteiger partial charge is 0.320 e. The van der Waals surface area contributed by atoms with Gasteiger partial charge in [0.25, 0.3) is 0 Å². The monoisotopic (exact) mass is 643 g/mol. The summed E-state index contributed by atoms with van der Waals surface area (Å²) in [4.78, 5) is 16.4. The predicted molar refractivity (Wildman–Crippen MR) is 174 cm³/mol. The summed E-state index contributed by atoms with van der Waals surface area (Å²) in [5.74, 6) is 2.38. The van der Waals surface area contributed by atoms with Gasteiger partial charge < -0.3 is 9.88 Å². The summed E-state index contributed by atoms with van der Waals surface area (Å²) < 4.78 is 48.7. The van der Waals surface area contributed by atoms with Crippen molar-refractivity contribution in [2.75, 3.05) is 19.6 Å². The quantitative estimate of drug-likeness (QED) is 0.217. The first-order valence-corrected chi connectivity index (χ1v) is 17.8. The topological polar surface area (TPSA) is 72.4 Å². The lowest BCUT2D eigenvalue weighted by molar-refractivity contribution is -0.136. The summed E-state index contributed by atoms with van der Waals surface area (Å²) in [6.07, 6.45) is 13.3. The summed E-state index contributed by atoms with van der Waals surface area (Å²) in [7, 11) is 1.99. The first-order valence-electron chi connectivity index (χ1n) is 17.8. The van der Waals surface area contributed by atoms with Crippen LogP contribution in [0.2, 0.25) is 0 Å². The highest BCUT2D eigenvalue weighted by Crippen LogP contribution is 2.46. The van der Waals surface area contributed by atoms with E-state index >= 15 is 0 Å². The van der Waals surface area contributed by atoms with Crippen LogP contribution in [0.15, 0.2) is 29.6 Å². The Labute approximate surface area is 270 Å². The van der Waals surface area contributed by atoms with E-state index in [1.807, 2.05) is 11.6 Å². The standard InChI is InChI=1S/C35H52F3N7O/c1-4-5-6-7-8-14-29-30(17-27(18-39-29)32(26-12-9-13-26)33-41-40-23-42(33)3)45-22-31-28(35(36,37)38)16-25(21-44(31)34(45)46)20-43-15-10-11-24(2)19-43/h16,21-24,26-27,29-30,32,39H,4-15,17-20H2,1-3H3/t24-,27?,29?,30?,32+/m0/s1. The lowest BCUT2D eigenvalue weighted by Crippen LogP contribution is -2.50. The SMILES string of the molecule is CCCCCCCC1NCC([C@H](c2nncn2C)C2CCC2)CC1n1cc2c(C(F)(F)F)cc(CN3CCC[C@H](C)C3)cn2c1=O. The summed E-state index contributed by atoms with van der Waals surface area (Å²) in [6, 6.07) is 1.03. The molecule has 8 nitrogen and oxygen atoms in total. The van der Waals surface area contributed by atoms with E-state index in [-0.39, 0.29) is 35.1 Å². The van der Waals surface area contributed by atoms with Crippen LogP contribution in [0.3, 0.4) is 0 Å². The van der Waals surface area contributed by atoms with Crippen LogP contribution < -0.4 is 11.0 Å². The molecule has 3 unspecified atom stereocenters. The van der Waals surface area contributed by atoms with Gasteiger partial charge in [-0.2, -0.15) is 13.2 Å². The Morgan fingerprint density at radius 3 is 2.54 bits per heavy atom. The van der Waals surface area contributed by atoms with Crippen molar-refractivity contribution in [2.45, 2.75) is 122 Å². The van der Waals surface area contributed by atoms with Gasteiger partial charge in [0.15, 0.2) is 0 Å². The maximum atomic E-state index is 14.6. The molecule has 2 aliphatic heterocycles. The van der Waals surface area contributed by atoms with Gasteiger partial charge in [-0.15, -0.1) is 10.2 Å². The van der Waals surface area contributed by atoms with Crippen molar-refractivity contribution in [3.8, 4) is 0 Å². The second kappa shape index (κ2) is 14.2. The molecule has 3 aromatic heterocycles.